The summed E-state index contributed by atoms with van der Waals surface area (Å²) in [6, 6.07) is 6.58. The third kappa shape index (κ3) is 5.25. The van der Waals surface area contributed by atoms with Gasteiger partial charge in [0.2, 0.25) is 0 Å². The van der Waals surface area contributed by atoms with E-state index in [0.717, 1.165) is 0 Å². The summed E-state index contributed by atoms with van der Waals surface area (Å²) in [5, 5.41) is 20.2. The molecule has 2 atom stereocenters. The Labute approximate surface area is 127 Å². The average Bonchev–Trinajstić information content (AvgIpc) is 2.45. The summed E-state index contributed by atoms with van der Waals surface area (Å²) in [7, 11) is 0. The van der Waals surface area contributed by atoms with Gasteiger partial charge in [-0.15, -0.1) is 0 Å². The highest BCUT2D eigenvalue weighted by Gasteiger charge is 2.23. The van der Waals surface area contributed by atoms with Crippen LogP contribution in [0.3, 0.4) is 0 Å². The summed E-state index contributed by atoms with van der Waals surface area (Å²) in [4.78, 5) is 34.1. The quantitative estimate of drug-likeness (QED) is 0.605. The van der Waals surface area contributed by atoms with Crippen LogP contribution in [0.4, 0.5) is 0 Å². The zero-order chi connectivity index (χ0) is 16.7. The summed E-state index contributed by atoms with van der Waals surface area (Å²) < 4.78 is 4.86. The number of hydrogen-bond acceptors (Lipinski definition) is 5. The van der Waals surface area contributed by atoms with Gasteiger partial charge in [0.1, 0.15) is 11.8 Å². The molecule has 22 heavy (non-hydrogen) atoms. The number of hydrogen-bond donors (Lipinski definition) is 2. The van der Waals surface area contributed by atoms with Crippen LogP contribution in [-0.4, -0.2) is 29.0 Å². The lowest BCUT2D eigenvalue weighted by Crippen LogP contribution is -2.41. The topological polar surface area (TPSA) is 116 Å². The molecule has 0 spiro atoms. The highest BCUT2D eigenvalue weighted by atomic mass is 16.5. The van der Waals surface area contributed by atoms with Crippen LogP contribution in [0.5, 0.6) is 5.75 Å². The number of carboxylic acid groups (broad SMARTS) is 1. The van der Waals surface area contributed by atoms with Crippen LogP contribution in [0.25, 0.3) is 0 Å². The Bertz CT molecular complexity index is 621. The fraction of sp³-hybridized carbons (Fsp3) is 0.333. The van der Waals surface area contributed by atoms with Crippen molar-refractivity contribution in [2.24, 2.45) is 5.92 Å². The molecule has 116 valence electrons. The first-order chi connectivity index (χ1) is 10.3. The number of benzene rings is 1. The smallest absolute Gasteiger partial charge is 0.326 e. The first kappa shape index (κ1) is 17.2. The van der Waals surface area contributed by atoms with Gasteiger partial charge in [0.05, 0.1) is 6.07 Å². The van der Waals surface area contributed by atoms with Gasteiger partial charge in [0.15, 0.2) is 0 Å². The maximum Gasteiger partial charge on any atom is 0.326 e. The molecule has 0 heterocycles. The summed E-state index contributed by atoms with van der Waals surface area (Å²) in [5.41, 5.74) is 0.162. The van der Waals surface area contributed by atoms with Gasteiger partial charge in [0, 0.05) is 18.4 Å². The maximum absolute atomic E-state index is 12.1. The van der Waals surface area contributed by atoms with E-state index in [9.17, 15) is 14.4 Å². The first-order valence-corrected chi connectivity index (χ1v) is 6.55. The van der Waals surface area contributed by atoms with E-state index in [4.69, 9.17) is 15.1 Å². The highest BCUT2D eigenvalue weighted by molar-refractivity contribution is 5.97. The molecule has 7 heteroatoms. The normalized spacial score (nSPS) is 12.6. The standard InChI is InChI=1S/C15H16N2O5/c1-9(8-16)6-13(15(20)21)17-14(19)11-4-3-5-12(7-11)22-10(2)18/h3-5,7,9,13H,6H2,1-2H3,(H,17,19)(H,20,21)/t9-,13+/m0/s1. The molecule has 0 aliphatic rings. The molecule has 0 aliphatic carbocycles. The summed E-state index contributed by atoms with van der Waals surface area (Å²) >= 11 is 0. The number of aliphatic carboxylic acids is 1. The molecule has 0 bridgehead atoms. The Hall–Kier alpha value is -2.88. The van der Waals surface area contributed by atoms with E-state index in [1.807, 2.05) is 6.07 Å². The van der Waals surface area contributed by atoms with Gasteiger partial charge in [-0.25, -0.2) is 4.79 Å². The van der Waals surface area contributed by atoms with Crippen molar-refractivity contribution in [2.75, 3.05) is 0 Å². The Balaban J connectivity index is 2.84. The van der Waals surface area contributed by atoms with Crippen molar-refractivity contribution in [2.45, 2.75) is 26.3 Å². The second kappa shape index (κ2) is 7.78. The largest absolute Gasteiger partial charge is 0.480 e. The van der Waals surface area contributed by atoms with Crippen LogP contribution in [0.1, 0.15) is 30.6 Å². The van der Waals surface area contributed by atoms with Crippen LogP contribution in [0.2, 0.25) is 0 Å². The fourth-order valence-corrected chi connectivity index (χ4v) is 1.74. The molecular formula is C15H16N2O5. The van der Waals surface area contributed by atoms with Gasteiger partial charge >= 0.3 is 11.9 Å². The molecule has 0 radical (unpaired) electrons. The zero-order valence-corrected chi connectivity index (χ0v) is 12.2. The van der Waals surface area contributed by atoms with E-state index in [1.54, 1.807) is 6.92 Å². The molecule has 1 amide bonds. The van der Waals surface area contributed by atoms with Gasteiger partial charge in [0.25, 0.3) is 5.91 Å². The lowest BCUT2D eigenvalue weighted by molar-refractivity contribution is -0.139. The number of nitrogens with zero attached hydrogens (tertiary/aromatic N) is 1. The average molecular weight is 304 g/mol. The molecule has 1 aromatic rings. The van der Waals surface area contributed by atoms with E-state index in [0.29, 0.717) is 0 Å². The molecule has 0 aliphatic heterocycles. The molecule has 0 fully saturated rings. The minimum absolute atomic E-state index is 0.00120. The third-order valence-electron chi connectivity index (χ3n) is 2.77. The lowest BCUT2D eigenvalue weighted by atomic mass is 10.0. The summed E-state index contributed by atoms with van der Waals surface area (Å²) in [6.45, 7) is 2.81. The number of amides is 1. The van der Waals surface area contributed by atoms with Crippen molar-refractivity contribution in [1.29, 1.82) is 5.26 Å². The van der Waals surface area contributed by atoms with Crippen molar-refractivity contribution in [1.82, 2.24) is 5.32 Å². The predicted molar refractivity (Wildman–Crippen MR) is 76.0 cm³/mol. The van der Waals surface area contributed by atoms with Crippen molar-refractivity contribution < 1.29 is 24.2 Å². The van der Waals surface area contributed by atoms with Crippen LogP contribution in [0, 0.1) is 17.2 Å². The molecule has 1 aromatic carbocycles. The minimum Gasteiger partial charge on any atom is -0.480 e. The molecule has 7 nitrogen and oxygen atoms in total. The van der Waals surface area contributed by atoms with E-state index in [1.165, 1.54) is 31.2 Å². The van der Waals surface area contributed by atoms with Gasteiger partial charge in [-0.1, -0.05) is 6.07 Å². The van der Waals surface area contributed by atoms with E-state index < -0.39 is 29.8 Å². The Morgan fingerprint density at radius 3 is 2.64 bits per heavy atom. The lowest BCUT2D eigenvalue weighted by Gasteiger charge is -2.15. The summed E-state index contributed by atoms with van der Waals surface area (Å²) in [5.74, 6) is -2.67. The van der Waals surface area contributed by atoms with Crippen LogP contribution >= 0.6 is 0 Å². The molecular weight excluding hydrogens is 288 g/mol. The Kier molecular flexibility index (Phi) is 6.08. The molecule has 2 N–H and O–H groups in total. The van der Waals surface area contributed by atoms with E-state index in [-0.39, 0.29) is 17.7 Å². The number of nitriles is 1. The van der Waals surface area contributed by atoms with Crippen LogP contribution < -0.4 is 10.1 Å². The first-order valence-electron chi connectivity index (χ1n) is 6.55. The van der Waals surface area contributed by atoms with Crippen molar-refractivity contribution >= 4 is 17.8 Å². The maximum atomic E-state index is 12.1. The van der Waals surface area contributed by atoms with E-state index in [2.05, 4.69) is 5.32 Å². The monoisotopic (exact) mass is 304 g/mol. The van der Waals surface area contributed by atoms with Gasteiger partial charge in [-0.3, -0.25) is 9.59 Å². The zero-order valence-electron chi connectivity index (χ0n) is 12.2. The predicted octanol–water partition coefficient (Wildman–Crippen LogP) is 1.34. The SMILES string of the molecule is CC(=O)Oc1cccc(C(=O)N[C@H](C[C@H](C)C#N)C(=O)O)c1. The molecule has 0 aromatic heterocycles. The number of esters is 1. The number of carboxylic acids is 1. The van der Waals surface area contributed by atoms with Crippen LogP contribution in [-0.2, 0) is 9.59 Å². The van der Waals surface area contributed by atoms with E-state index >= 15 is 0 Å². The molecule has 0 saturated heterocycles. The third-order valence-corrected chi connectivity index (χ3v) is 2.77. The molecule has 0 saturated carbocycles. The minimum atomic E-state index is -1.22. The van der Waals surface area contributed by atoms with Crippen molar-refractivity contribution in [3.8, 4) is 11.8 Å². The van der Waals surface area contributed by atoms with Crippen LogP contribution in [0.15, 0.2) is 24.3 Å². The number of rotatable bonds is 6. The number of carbonyl (C=O) groups excluding carboxylic acids is 2. The number of nitrogens with one attached hydrogen (secondary N) is 1. The second-order valence-electron chi connectivity index (χ2n) is 4.75. The number of ether oxygens (including phenoxy) is 1. The molecule has 0 unspecified atom stereocenters. The van der Waals surface area contributed by atoms with Crippen molar-refractivity contribution in [3.05, 3.63) is 29.8 Å². The number of carbonyl (C=O) groups is 3. The van der Waals surface area contributed by atoms with Gasteiger partial charge < -0.3 is 15.2 Å². The summed E-state index contributed by atoms with van der Waals surface area (Å²) in [6.07, 6.45) is 0.00120. The van der Waals surface area contributed by atoms with Crippen molar-refractivity contribution in [3.63, 3.8) is 0 Å². The van der Waals surface area contributed by atoms with Gasteiger partial charge in [-0.05, 0) is 31.5 Å². The fourth-order valence-electron chi connectivity index (χ4n) is 1.74. The van der Waals surface area contributed by atoms with Gasteiger partial charge in [-0.2, -0.15) is 5.26 Å². The second-order valence-corrected chi connectivity index (χ2v) is 4.75. The Morgan fingerprint density at radius 2 is 2.09 bits per heavy atom. The highest BCUT2D eigenvalue weighted by Crippen LogP contribution is 2.14. The molecule has 1 rings (SSSR count). The Morgan fingerprint density at radius 1 is 1.41 bits per heavy atom.